The van der Waals surface area contributed by atoms with Gasteiger partial charge < -0.3 is 9.30 Å². The van der Waals surface area contributed by atoms with E-state index in [1.54, 1.807) is 10.8 Å². The molecule has 2 rings (SSSR count). The van der Waals surface area contributed by atoms with Crippen LogP contribution in [0.3, 0.4) is 0 Å². The number of rotatable bonds is 5. The van der Waals surface area contributed by atoms with Gasteiger partial charge in [-0.2, -0.15) is 13.2 Å². The molecule has 0 aliphatic carbocycles. The fraction of sp³-hybridized carbons (Fsp3) is 0.294. The third-order valence-electron chi connectivity index (χ3n) is 3.42. The van der Waals surface area contributed by atoms with Crippen molar-refractivity contribution in [2.24, 2.45) is 0 Å². The maximum Gasteiger partial charge on any atom is 0.413 e. The molecule has 0 radical (unpaired) electrons. The minimum atomic E-state index is -4.40. The first-order chi connectivity index (χ1) is 10.3. The predicted molar refractivity (Wildman–Crippen MR) is 79.3 cm³/mol. The molecule has 0 spiro atoms. The summed E-state index contributed by atoms with van der Waals surface area (Å²) >= 11 is 0. The topological polar surface area (TPSA) is 14.2 Å². The fourth-order valence-electron chi connectivity index (χ4n) is 2.07. The number of hydrogen-bond donors (Lipinski definition) is 0. The van der Waals surface area contributed by atoms with E-state index in [0.29, 0.717) is 0 Å². The lowest BCUT2D eigenvalue weighted by Crippen LogP contribution is -2.11. The standard InChI is InChI=1S/C17H18F3NO/c1-13-8-9-21(14(13)2)11-16(10-17(18,19)20)22-12-15-6-4-3-5-7-15/h3-10H,11-12H2,1-2H3/b16-10-. The zero-order chi connectivity index (χ0) is 16.2. The molecule has 0 amide bonds. The van der Waals surface area contributed by atoms with Crippen LogP contribution in [0.5, 0.6) is 0 Å². The zero-order valence-electron chi connectivity index (χ0n) is 12.5. The van der Waals surface area contributed by atoms with E-state index in [4.69, 9.17) is 4.74 Å². The minimum absolute atomic E-state index is 0.0615. The average Bonchev–Trinajstić information content (AvgIpc) is 2.76. The number of alkyl halides is 3. The molecule has 0 aliphatic heterocycles. The van der Waals surface area contributed by atoms with Crippen LogP contribution in [-0.2, 0) is 17.9 Å². The van der Waals surface area contributed by atoms with Crippen LogP contribution in [0, 0.1) is 13.8 Å². The maximum atomic E-state index is 12.7. The molecule has 2 nitrogen and oxygen atoms in total. The number of aromatic nitrogens is 1. The van der Waals surface area contributed by atoms with Crippen LogP contribution in [0.1, 0.15) is 16.8 Å². The van der Waals surface area contributed by atoms with Gasteiger partial charge in [-0.3, -0.25) is 0 Å². The monoisotopic (exact) mass is 309 g/mol. The summed E-state index contributed by atoms with van der Waals surface area (Å²) in [6.45, 7) is 3.97. The largest absolute Gasteiger partial charge is 0.491 e. The predicted octanol–water partition coefficient (Wildman–Crippen LogP) is 4.77. The van der Waals surface area contributed by atoms with Crippen molar-refractivity contribution >= 4 is 0 Å². The molecule has 0 bridgehead atoms. The molecule has 0 aliphatic rings. The summed E-state index contributed by atoms with van der Waals surface area (Å²) in [5, 5.41) is 0. The molecule has 0 atom stereocenters. The molecule has 1 heterocycles. The minimum Gasteiger partial charge on any atom is -0.491 e. The molecule has 1 aromatic carbocycles. The number of aryl methyl sites for hydroxylation is 1. The smallest absolute Gasteiger partial charge is 0.413 e. The van der Waals surface area contributed by atoms with Crippen LogP contribution in [0.25, 0.3) is 0 Å². The summed E-state index contributed by atoms with van der Waals surface area (Å²) < 4.78 is 45.2. The Morgan fingerprint density at radius 3 is 2.36 bits per heavy atom. The van der Waals surface area contributed by atoms with Gasteiger partial charge in [0.2, 0.25) is 0 Å². The molecule has 0 saturated heterocycles. The van der Waals surface area contributed by atoms with Crippen molar-refractivity contribution in [2.45, 2.75) is 33.2 Å². The summed E-state index contributed by atoms with van der Waals surface area (Å²) in [7, 11) is 0. The first-order valence-electron chi connectivity index (χ1n) is 6.92. The highest BCUT2D eigenvalue weighted by molar-refractivity contribution is 5.20. The normalized spacial score (nSPS) is 12.5. The Balaban J connectivity index is 2.13. The van der Waals surface area contributed by atoms with Crippen molar-refractivity contribution in [1.29, 1.82) is 0 Å². The van der Waals surface area contributed by atoms with E-state index in [-0.39, 0.29) is 25.0 Å². The van der Waals surface area contributed by atoms with E-state index in [1.807, 2.05) is 50.2 Å². The lowest BCUT2D eigenvalue weighted by molar-refractivity contribution is -0.0834. The van der Waals surface area contributed by atoms with Crippen molar-refractivity contribution in [1.82, 2.24) is 4.57 Å². The van der Waals surface area contributed by atoms with E-state index < -0.39 is 6.18 Å². The fourth-order valence-corrected chi connectivity index (χ4v) is 2.07. The maximum absolute atomic E-state index is 12.7. The van der Waals surface area contributed by atoms with E-state index in [9.17, 15) is 13.2 Å². The first-order valence-corrected chi connectivity index (χ1v) is 6.92. The Kier molecular flexibility index (Phi) is 4.96. The highest BCUT2D eigenvalue weighted by Gasteiger charge is 2.25. The van der Waals surface area contributed by atoms with Crippen LogP contribution in [0.4, 0.5) is 13.2 Å². The summed E-state index contributed by atoms with van der Waals surface area (Å²) in [6.07, 6.45) is -2.41. The van der Waals surface area contributed by atoms with Gasteiger partial charge in [0, 0.05) is 11.9 Å². The molecule has 0 fully saturated rings. The molecule has 0 N–H and O–H groups in total. The molecular weight excluding hydrogens is 291 g/mol. The van der Waals surface area contributed by atoms with Gasteiger partial charge in [0.05, 0.1) is 12.6 Å². The van der Waals surface area contributed by atoms with Crippen molar-refractivity contribution in [3.05, 3.63) is 71.3 Å². The van der Waals surface area contributed by atoms with Crippen LogP contribution < -0.4 is 0 Å². The van der Waals surface area contributed by atoms with Crippen LogP contribution in [0.15, 0.2) is 54.4 Å². The van der Waals surface area contributed by atoms with Crippen molar-refractivity contribution in [3.63, 3.8) is 0 Å². The molecule has 118 valence electrons. The SMILES string of the molecule is Cc1ccn(C/C(=C/C(F)(F)F)OCc2ccccc2)c1C. The zero-order valence-corrected chi connectivity index (χ0v) is 12.5. The van der Waals surface area contributed by atoms with Gasteiger partial charge in [0.1, 0.15) is 12.4 Å². The Morgan fingerprint density at radius 1 is 1.14 bits per heavy atom. The second-order valence-electron chi connectivity index (χ2n) is 5.14. The second kappa shape index (κ2) is 6.73. The highest BCUT2D eigenvalue weighted by atomic mass is 19.4. The van der Waals surface area contributed by atoms with Gasteiger partial charge in [-0.1, -0.05) is 30.3 Å². The second-order valence-corrected chi connectivity index (χ2v) is 5.14. The van der Waals surface area contributed by atoms with E-state index in [1.165, 1.54) is 0 Å². The van der Waals surface area contributed by atoms with Crippen LogP contribution >= 0.6 is 0 Å². The lowest BCUT2D eigenvalue weighted by Gasteiger charge is -2.14. The number of nitrogens with zero attached hydrogens (tertiary/aromatic N) is 1. The van der Waals surface area contributed by atoms with Gasteiger partial charge in [0.15, 0.2) is 0 Å². The molecular formula is C17H18F3NO. The molecule has 0 saturated carbocycles. The molecule has 5 heteroatoms. The summed E-state index contributed by atoms with van der Waals surface area (Å²) in [6, 6.07) is 11.0. The number of allylic oxidation sites excluding steroid dienone is 2. The van der Waals surface area contributed by atoms with Gasteiger partial charge in [-0.05, 0) is 31.0 Å². The summed E-state index contributed by atoms with van der Waals surface area (Å²) in [5.41, 5.74) is 2.79. The lowest BCUT2D eigenvalue weighted by atomic mass is 10.2. The van der Waals surface area contributed by atoms with Crippen molar-refractivity contribution in [3.8, 4) is 0 Å². The summed E-state index contributed by atoms with van der Waals surface area (Å²) in [5.74, 6) is -0.102. The first kappa shape index (κ1) is 16.2. The van der Waals surface area contributed by atoms with E-state index in [2.05, 4.69) is 0 Å². The Morgan fingerprint density at radius 2 is 1.82 bits per heavy atom. The molecule has 0 unspecified atom stereocenters. The number of halogens is 3. The Hall–Kier alpha value is -2.17. The summed E-state index contributed by atoms with van der Waals surface area (Å²) in [4.78, 5) is 0. The average molecular weight is 309 g/mol. The number of benzene rings is 1. The third-order valence-corrected chi connectivity index (χ3v) is 3.42. The molecule has 22 heavy (non-hydrogen) atoms. The van der Waals surface area contributed by atoms with Gasteiger partial charge in [-0.15, -0.1) is 0 Å². The Bertz CT molecular complexity index is 642. The third kappa shape index (κ3) is 4.69. The van der Waals surface area contributed by atoms with Gasteiger partial charge >= 0.3 is 6.18 Å². The van der Waals surface area contributed by atoms with Crippen LogP contribution in [0.2, 0.25) is 0 Å². The highest BCUT2D eigenvalue weighted by Crippen LogP contribution is 2.22. The number of hydrogen-bond acceptors (Lipinski definition) is 1. The quantitative estimate of drug-likeness (QED) is 0.726. The van der Waals surface area contributed by atoms with Gasteiger partial charge in [-0.25, -0.2) is 0 Å². The van der Waals surface area contributed by atoms with Gasteiger partial charge in [0.25, 0.3) is 0 Å². The van der Waals surface area contributed by atoms with E-state index in [0.717, 1.165) is 16.8 Å². The Labute approximate surface area is 127 Å². The van der Waals surface area contributed by atoms with Crippen LogP contribution in [-0.4, -0.2) is 10.7 Å². The van der Waals surface area contributed by atoms with Crippen molar-refractivity contribution < 1.29 is 17.9 Å². The number of ether oxygens (including phenoxy) is 1. The van der Waals surface area contributed by atoms with Crippen molar-refractivity contribution in [2.75, 3.05) is 0 Å². The van der Waals surface area contributed by atoms with E-state index >= 15 is 0 Å². The molecule has 1 aromatic heterocycles. The molecule has 2 aromatic rings.